The third-order valence-electron chi connectivity index (χ3n) is 9.82. The number of primary amides is 2. The van der Waals surface area contributed by atoms with Crippen molar-refractivity contribution in [1.82, 2.24) is 39.5 Å². The maximum absolute atomic E-state index is 11.3. The molecule has 0 saturated heterocycles. The maximum Gasteiger partial charge on any atom is 0.248 e. The molecule has 0 radical (unpaired) electrons. The van der Waals surface area contributed by atoms with Gasteiger partial charge in [0, 0.05) is 70.8 Å². The lowest BCUT2D eigenvalue weighted by atomic mass is 10.0. The first kappa shape index (κ1) is 40.2. The molecular formula is C46H44N12O2. The van der Waals surface area contributed by atoms with E-state index in [0.717, 1.165) is 55.9 Å². The van der Waals surface area contributed by atoms with Crippen LogP contribution in [0.3, 0.4) is 0 Å². The second-order valence-electron chi connectivity index (χ2n) is 14.3. The lowest BCUT2D eigenvalue weighted by Gasteiger charge is -2.13. The average molecular weight is 797 g/mol. The van der Waals surface area contributed by atoms with E-state index in [1.165, 1.54) is 0 Å². The quantitative estimate of drug-likeness (QED) is 0.0935. The summed E-state index contributed by atoms with van der Waals surface area (Å²) in [6.45, 7) is 8.22. The molecule has 14 nitrogen and oxygen atoms in total. The Morgan fingerprint density at radius 2 is 0.900 bits per heavy atom. The fourth-order valence-corrected chi connectivity index (χ4v) is 6.58. The number of hydrogen-bond acceptors (Lipinski definition) is 10. The molecule has 8 rings (SSSR count). The van der Waals surface area contributed by atoms with Crippen molar-refractivity contribution < 1.29 is 9.59 Å². The number of anilines is 4. The van der Waals surface area contributed by atoms with Crippen LogP contribution in [-0.2, 0) is 0 Å². The summed E-state index contributed by atoms with van der Waals surface area (Å²) in [6, 6.07) is 30.6. The van der Waals surface area contributed by atoms with E-state index in [1.807, 2.05) is 84.4 Å². The number of nitrogens with zero attached hydrogens (tertiary/aromatic N) is 8. The number of carbonyl (C=O) groups is 2. The summed E-state index contributed by atoms with van der Waals surface area (Å²) in [7, 11) is 0. The molecule has 0 aliphatic carbocycles. The first-order chi connectivity index (χ1) is 29.0. The van der Waals surface area contributed by atoms with E-state index >= 15 is 0 Å². The summed E-state index contributed by atoms with van der Waals surface area (Å²) in [6.07, 6.45) is 14.5. The molecule has 0 aliphatic heterocycles. The van der Waals surface area contributed by atoms with Crippen molar-refractivity contribution in [3.8, 4) is 22.3 Å². The lowest BCUT2D eigenvalue weighted by molar-refractivity contribution is 0.0992. The van der Waals surface area contributed by atoms with E-state index in [4.69, 9.17) is 11.5 Å². The van der Waals surface area contributed by atoms with Gasteiger partial charge in [-0.2, -0.15) is 10.2 Å². The van der Waals surface area contributed by atoms with Crippen molar-refractivity contribution in [2.24, 2.45) is 11.5 Å². The van der Waals surface area contributed by atoms with Crippen molar-refractivity contribution in [1.29, 1.82) is 0 Å². The zero-order valence-corrected chi connectivity index (χ0v) is 33.6. The molecular weight excluding hydrogens is 753 g/mol. The van der Waals surface area contributed by atoms with Crippen LogP contribution in [0, 0.1) is 13.8 Å². The van der Waals surface area contributed by atoms with Crippen LogP contribution in [0.1, 0.15) is 68.9 Å². The Hall–Kier alpha value is -8.00. The molecule has 2 unspecified atom stereocenters. The summed E-state index contributed by atoms with van der Waals surface area (Å²) in [4.78, 5) is 39.4. The molecule has 4 aromatic heterocycles. The predicted molar refractivity (Wildman–Crippen MR) is 233 cm³/mol. The van der Waals surface area contributed by atoms with Gasteiger partial charge < -0.3 is 22.1 Å². The van der Waals surface area contributed by atoms with Crippen LogP contribution in [0.4, 0.5) is 23.3 Å². The Morgan fingerprint density at radius 1 is 0.533 bits per heavy atom. The second-order valence-corrected chi connectivity index (χ2v) is 14.3. The monoisotopic (exact) mass is 796 g/mol. The highest BCUT2D eigenvalue weighted by Gasteiger charge is 2.14. The number of rotatable bonds is 12. The van der Waals surface area contributed by atoms with Gasteiger partial charge in [-0.3, -0.25) is 19.0 Å². The first-order valence-electron chi connectivity index (χ1n) is 19.2. The van der Waals surface area contributed by atoms with Crippen molar-refractivity contribution in [2.75, 3.05) is 10.6 Å². The summed E-state index contributed by atoms with van der Waals surface area (Å²) >= 11 is 0. The van der Waals surface area contributed by atoms with E-state index in [1.54, 1.807) is 61.2 Å². The summed E-state index contributed by atoms with van der Waals surface area (Å²) in [5.74, 6) is 0.247. The van der Waals surface area contributed by atoms with E-state index in [0.29, 0.717) is 23.0 Å². The summed E-state index contributed by atoms with van der Waals surface area (Å²) < 4.78 is 3.81. The summed E-state index contributed by atoms with van der Waals surface area (Å²) in [5.41, 5.74) is 21.9. The van der Waals surface area contributed by atoms with Crippen molar-refractivity contribution in [3.63, 3.8) is 0 Å². The van der Waals surface area contributed by atoms with Gasteiger partial charge in [-0.15, -0.1) is 0 Å². The van der Waals surface area contributed by atoms with Crippen molar-refractivity contribution in [3.05, 3.63) is 180 Å². The second kappa shape index (κ2) is 18.1. The molecule has 2 amide bonds. The average Bonchev–Trinajstić information content (AvgIpc) is 3.96. The normalized spacial score (nSPS) is 11.8. The van der Waals surface area contributed by atoms with Crippen LogP contribution in [0.15, 0.2) is 147 Å². The standard InChI is InChI=1S/2C23H22N6O/c2*1-15-10-19(12-21(11-15)28-23-25-8-3-9-26-23)20-13-27-29(14-20)16(2)17-4-6-18(7-5-17)22(24)30/h2*3-14,16H,1-2H3,(H2,24,30)(H,25,26,28). The third kappa shape index (κ3) is 9.92. The van der Waals surface area contributed by atoms with Gasteiger partial charge >= 0.3 is 0 Å². The smallest absolute Gasteiger partial charge is 0.248 e. The molecule has 300 valence electrons. The molecule has 0 bridgehead atoms. The minimum Gasteiger partial charge on any atom is -0.366 e. The van der Waals surface area contributed by atoms with Gasteiger partial charge in [-0.1, -0.05) is 36.4 Å². The Kier molecular flexibility index (Phi) is 12.1. The SMILES string of the molecule is Cc1cc(Nc2ncccn2)cc(-c2cnn(C(C)c3ccc(C(N)=O)cc3)c2)c1.Cc1cc(Nc2ncccn2)cc(-c2cnn(C(C)c3ccc(C(N)=O)cc3)c2)c1. The minimum absolute atomic E-state index is 0.0146. The number of nitrogens with two attached hydrogens (primary N) is 2. The number of nitrogens with one attached hydrogen (secondary N) is 2. The Morgan fingerprint density at radius 3 is 1.25 bits per heavy atom. The number of amides is 2. The molecule has 2 atom stereocenters. The van der Waals surface area contributed by atoms with Crippen LogP contribution in [0.25, 0.3) is 22.3 Å². The van der Waals surface area contributed by atoms with E-state index in [9.17, 15) is 9.59 Å². The van der Waals surface area contributed by atoms with E-state index in [-0.39, 0.29) is 12.1 Å². The van der Waals surface area contributed by atoms with Gasteiger partial charge in [0.2, 0.25) is 23.7 Å². The number of carbonyl (C=O) groups excluding carboxylic acids is 2. The van der Waals surface area contributed by atoms with E-state index < -0.39 is 11.8 Å². The molecule has 4 aromatic carbocycles. The number of aryl methyl sites for hydroxylation is 2. The highest BCUT2D eigenvalue weighted by molar-refractivity contribution is 5.93. The molecule has 4 heterocycles. The fraction of sp³-hybridized carbons (Fsp3) is 0.130. The molecule has 8 aromatic rings. The van der Waals surface area contributed by atoms with Crippen LogP contribution in [-0.4, -0.2) is 51.3 Å². The Bertz CT molecular complexity index is 2520. The van der Waals surface area contributed by atoms with Gasteiger partial charge in [0.05, 0.1) is 24.5 Å². The van der Waals surface area contributed by atoms with Crippen LogP contribution in [0.2, 0.25) is 0 Å². The van der Waals surface area contributed by atoms with Gasteiger partial charge in [0.25, 0.3) is 0 Å². The van der Waals surface area contributed by atoms with Gasteiger partial charge in [0.1, 0.15) is 0 Å². The number of hydrogen-bond donors (Lipinski definition) is 4. The Labute approximate surface area is 347 Å². The summed E-state index contributed by atoms with van der Waals surface area (Å²) in [5, 5.41) is 15.6. The highest BCUT2D eigenvalue weighted by atomic mass is 16.1. The first-order valence-corrected chi connectivity index (χ1v) is 19.2. The Balaban J connectivity index is 0.000000181. The fourth-order valence-electron chi connectivity index (χ4n) is 6.58. The molecule has 14 heteroatoms. The number of aromatic nitrogens is 8. The number of benzene rings is 4. The zero-order valence-electron chi connectivity index (χ0n) is 33.6. The topological polar surface area (TPSA) is 197 Å². The highest BCUT2D eigenvalue weighted by Crippen LogP contribution is 2.29. The molecule has 6 N–H and O–H groups in total. The lowest BCUT2D eigenvalue weighted by Crippen LogP contribution is -2.12. The van der Waals surface area contributed by atoms with Gasteiger partial charge in [0.15, 0.2) is 0 Å². The van der Waals surface area contributed by atoms with Crippen molar-refractivity contribution in [2.45, 2.75) is 39.8 Å². The van der Waals surface area contributed by atoms with Crippen LogP contribution < -0.4 is 22.1 Å². The maximum atomic E-state index is 11.3. The van der Waals surface area contributed by atoms with Crippen LogP contribution in [0.5, 0.6) is 0 Å². The van der Waals surface area contributed by atoms with Gasteiger partial charge in [-0.05, 0) is 122 Å². The largest absolute Gasteiger partial charge is 0.366 e. The third-order valence-corrected chi connectivity index (χ3v) is 9.82. The molecule has 0 spiro atoms. The predicted octanol–water partition coefficient (Wildman–Crippen LogP) is 8.20. The van der Waals surface area contributed by atoms with E-state index in [2.05, 4.69) is 78.9 Å². The molecule has 0 fully saturated rings. The van der Waals surface area contributed by atoms with Crippen LogP contribution >= 0.6 is 0 Å². The molecule has 0 aliphatic rings. The molecule has 0 saturated carbocycles. The minimum atomic E-state index is -0.430. The molecule has 60 heavy (non-hydrogen) atoms. The zero-order chi connectivity index (χ0) is 42.2. The van der Waals surface area contributed by atoms with Crippen molar-refractivity contribution >= 4 is 35.1 Å². The van der Waals surface area contributed by atoms with Gasteiger partial charge in [-0.25, -0.2) is 19.9 Å².